The molecule has 1 N–H and O–H groups in total. The molecule has 5 aromatic rings. The topological polar surface area (TPSA) is 76.3 Å². The number of benzene rings is 1. The molecule has 0 bridgehead atoms. The lowest BCUT2D eigenvalue weighted by atomic mass is 10.0. The Balaban J connectivity index is 1.46. The van der Waals surface area contributed by atoms with Crippen LogP contribution in [0.15, 0.2) is 53.3 Å². The highest BCUT2D eigenvalue weighted by molar-refractivity contribution is 7.25. The average molecular weight is 472 g/mol. The second-order valence-corrected chi connectivity index (χ2v) is 9.37. The van der Waals surface area contributed by atoms with Crippen molar-refractivity contribution in [1.82, 2.24) is 20.3 Å². The smallest absolute Gasteiger partial charge is 0.236 e. The van der Waals surface area contributed by atoms with E-state index in [1.165, 1.54) is 0 Å². The molecule has 172 valence electrons. The van der Waals surface area contributed by atoms with E-state index in [4.69, 9.17) is 24.1 Å². The molecule has 34 heavy (non-hydrogen) atoms. The van der Waals surface area contributed by atoms with Crippen molar-refractivity contribution < 1.29 is 9.15 Å². The van der Waals surface area contributed by atoms with Gasteiger partial charge in [0.05, 0.1) is 24.8 Å². The highest BCUT2D eigenvalue weighted by Gasteiger charge is 2.21. The van der Waals surface area contributed by atoms with E-state index in [1.54, 1.807) is 23.9 Å². The number of nitrogens with one attached hydrogen (secondary N) is 1. The van der Waals surface area contributed by atoms with Gasteiger partial charge in [0.25, 0.3) is 0 Å². The molecule has 1 aromatic carbocycles. The number of ether oxygens (including phenoxy) is 1. The number of aryl methyl sites for hydroxylation is 1. The van der Waals surface area contributed by atoms with Gasteiger partial charge in [-0.3, -0.25) is 0 Å². The third-order valence-electron chi connectivity index (χ3n) is 6.16. The van der Waals surface area contributed by atoms with Crippen molar-refractivity contribution in [1.29, 1.82) is 0 Å². The SMILES string of the molecule is CCOc1nc(N2CCNCC2)nc2c1sc1nc(-c3ccc(-c4ccoc4)cc3)cc(C)c12. The Kier molecular flexibility index (Phi) is 5.39. The molecular formula is C26H25N5O2S. The number of anilines is 1. The van der Waals surface area contributed by atoms with Crippen LogP contribution in [0.4, 0.5) is 5.95 Å². The molecule has 0 aliphatic carbocycles. The van der Waals surface area contributed by atoms with E-state index in [9.17, 15) is 0 Å². The molecule has 1 fully saturated rings. The summed E-state index contributed by atoms with van der Waals surface area (Å²) in [5.74, 6) is 1.38. The van der Waals surface area contributed by atoms with Crippen LogP contribution >= 0.6 is 11.3 Å². The van der Waals surface area contributed by atoms with Gasteiger partial charge in [-0.2, -0.15) is 4.98 Å². The quantitative estimate of drug-likeness (QED) is 0.374. The highest BCUT2D eigenvalue weighted by Crippen LogP contribution is 2.40. The minimum Gasteiger partial charge on any atom is -0.477 e. The first-order valence-corrected chi connectivity index (χ1v) is 12.4. The number of aromatic nitrogens is 3. The maximum Gasteiger partial charge on any atom is 0.236 e. The minimum atomic E-state index is 0.558. The molecule has 6 rings (SSSR count). The summed E-state index contributed by atoms with van der Waals surface area (Å²) in [6.07, 6.45) is 3.45. The number of rotatable bonds is 5. The fourth-order valence-electron chi connectivity index (χ4n) is 4.43. The fourth-order valence-corrected chi connectivity index (χ4v) is 5.57. The Morgan fingerprint density at radius 3 is 2.56 bits per heavy atom. The summed E-state index contributed by atoms with van der Waals surface area (Å²) in [5.41, 5.74) is 6.29. The molecule has 1 aliphatic heterocycles. The zero-order valence-corrected chi connectivity index (χ0v) is 20.0. The summed E-state index contributed by atoms with van der Waals surface area (Å²) in [5, 5.41) is 4.47. The highest BCUT2D eigenvalue weighted by atomic mass is 32.1. The Morgan fingerprint density at radius 2 is 1.82 bits per heavy atom. The Labute approximate surface area is 201 Å². The minimum absolute atomic E-state index is 0.558. The van der Waals surface area contributed by atoms with Gasteiger partial charge in [0.1, 0.15) is 15.0 Å². The van der Waals surface area contributed by atoms with Crippen LogP contribution in [-0.4, -0.2) is 47.7 Å². The number of furan rings is 1. The molecule has 1 saturated heterocycles. The number of nitrogens with zero attached hydrogens (tertiary/aromatic N) is 4. The van der Waals surface area contributed by atoms with E-state index in [0.717, 1.165) is 80.5 Å². The van der Waals surface area contributed by atoms with Crippen molar-refractivity contribution in [2.24, 2.45) is 0 Å². The molecule has 0 saturated carbocycles. The summed E-state index contributed by atoms with van der Waals surface area (Å²) in [6.45, 7) is 8.30. The second-order valence-electron chi connectivity index (χ2n) is 8.37. The van der Waals surface area contributed by atoms with Crippen LogP contribution in [0, 0.1) is 6.92 Å². The summed E-state index contributed by atoms with van der Waals surface area (Å²) >= 11 is 1.60. The van der Waals surface area contributed by atoms with E-state index in [2.05, 4.69) is 47.5 Å². The number of fused-ring (bicyclic) bond motifs is 3. The maximum absolute atomic E-state index is 5.97. The van der Waals surface area contributed by atoms with Crippen molar-refractivity contribution in [2.45, 2.75) is 13.8 Å². The third-order valence-corrected chi connectivity index (χ3v) is 7.22. The van der Waals surface area contributed by atoms with Gasteiger partial charge in [-0.15, -0.1) is 11.3 Å². The molecule has 5 heterocycles. The summed E-state index contributed by atoms with van der Waals surface area (Å²) in [4.78, 5) is 18.0. The molecular weight excluding hydrogens is 446 g/mol. The molecule has 0 unspecified atom stereocenters. The number of pyridine rings is 1. The predicted molar refractivity (Wildman–Crippen MR) is 137 cm³/mol. The van der Waals surface area contributed by atoms with E-state index in [-0.39, 0.29) is 0 Å². The molecule has 1 aliphatic rings. The van der Waals surface area contributed by atoms with Gasteiger partial charge < -0.3 is 19.4 Å². The number of hydrogen-bond acceptors (Lipinski definition) is 8. The van der Waals surface area contributed by atoms with Gasteiger partial charge in [0.2, 0.25) is 11.8 Å². The van der Waals surface area contributed by atoms with Crippen molar-refractivity contribution in [3.63, 3.8) is 0 Å². The Hall–Kier alpha value is -3.49. The van der Waals surface area contributed by atoms with Gasteiger partial charge in [0, 0.05) is 42.7 Å². The van der Waals surface area contributed by atoms with Crippen molar-refractivity contribution in [3.8, 4) is 28.3 Å². The molecule has 0 atom stereocenters. The third kappa shape index (κ3) is 3.69. The molecule has 0 spiro atoms. The number of piperazine rings is 1. The van der Waals surface area contributed by atoms with Crippen molar-refractivity contribution in [3.05, 3.63) is 54.5 Å². The normalized spacial score (nSPS) is 14.2. The van der Waals surface area contributed by atoms with Crippen LogP contribution in [0.5, 0.6) is 5.88 Å². The lowest BCUT2D eigenvalue weighted by molar-refractivity contribution is 0.331. The predicted octanol–water partition coefficient (Wildman–Crippen LogP) is 5.28. The van der Waals surface area contributed by atoms with E-state index in [1.807, 2.05) is 13.0 Å². The van der Waals surface area contributed by atoms with Crippen LogP contribution in [0.1, 0.15) is 12.5 Å². The zero-order chi connectivity index (χ0) is 23.1. The largest absolute Gasteiger partial charge is 0.477 e. The lowest BCUT2D eigenvalue weighted by Crippen LogP contribution is -2.44. The van der Waals surface area contributed by atoms with Crippen LogP contribution in [-0.2, 0) is 0 Å². The van der Waals surface area contributed by atoms with Gasteiger partial charge >= 0.3 is 0 Å². The summed E-state index contributed by atoms with van der Waals surface area (Å²) in [7, 11) is 0. The van der Waals surface area contributed by atoms with E-state index >= 15 is 0 Å². The van der Waals surface area contributed by atoms with Crippen LogP contribution in [0.2, 0.25) is 0 Å². The van der Waals surface area contributed by atoms with Crippen molar-refractivity contribution in [2.75, 3.05) is 37.7 Å². The van der Waals surface area contributed by atoms with Gasteiger partial charge in [-0.25, -0.2) is 9.97 Å². The number of thiophene rings is 1. The van der Waals surface area contributed by atoms with E-state index in [0.29, 0.717) is 12.5 Å². The zero-order valence-electron chi connectivity index (χ0n) is 19.2. The Bertz CT molecular complexity index is 1450. The van der Waals surface area contributed by atoms with Crippen molar-refractivity contribution >= 4 is 37.7 Å². The van der Waals surface area contributed by atoms with E-state index < -0.39 is 0 Å². The standard InChI is InChI=1S/C26H25N5O2S/c1-3-33-24-23-22(29-26(30-24)31-11-9-27-10-12-31)21-16(2)14-20(28-25(21)34-23)18-6-4-17(5-7-18)19-8-13-32-15-19/h4-8,13-15,27H,3,9-12H2,1-2H3. The molecule has 4 aromatic heterocycles. The molecule has 0 amide bonds. The van der Waals surface area contributed by atoms with Crippen LogP contribution in [0.3, 0.4) is 0 Å². The number of hydrogen-bond donors (Lipinski definition) is 1. The summed E-state index contributed by atoms with van der Waals surface area (Å²) < 4.78 is 12.1. The van der Waals surface area contributed by atoms with Crippen LogP contribution in [0.25, 0.3) is 42.8 Å². The fraction of sp³-hybridized carbons (Fsp3) is 0.269. The first-order valence-electron chi connectivity index (χ1n) is 11.5. The van der Waals surface area contributed by atoms with Gasteiger partial charge in [-0.1, -0.05) is 24.3 Å². The average Bonchev–Trinajstić information content (AvgIpc) is 3.53. The van der Waals surface area contributed by atoms with Gasteiger partial charge in [0.15, 0.2) is 0 Å². The van der Waals surface area contributed by atoms with Gasteiger partial charge in [-0.05, 0) is 37.1 Å². The second kappa shape index (κ2) is 8.70. The molecule has 8 heteroatoms. The molecule has 0 radical (unpaired) electrons. The molecule has 7 nitrogen and oxygen atoms in total. The Morgan fingerprint density at radius 1 is 1.03 bits per heavy atom. The lowest BCUT2D eigenvalue weighted by Gasteiger charge is -2.27. The first-order chi connectivity index (χ1) is 16.7. The summed E-state index contributed by atoms with van der Waals surface area (Å²) in [6, 6.07) is 12.5. The monoisotopic (exact) mass is 471 g/mol. The first kappa shape index (κ1) is 21.1. The van der Waals surface area contributed by atoms with Crippen LogP contribution < -0.4 is 15.0 Å². The maximum atomic E-state index is 5.97.